The van der Waals surface area contributed by atoms with Crippen LogP contribution in [-0.4, -0.2) is 30.3 Å². The number of aryl methyl sites for hydroxylation is 1. The molecular formula is C24H27N3O3. The fraction of sp³-hybridized carbons (Fsp3) is 0.375. The van der Waals surface area contributed by atoms with Gasteiger partial charge in [0.2, 0.25) is 11.8 Å². The summed E-state index contributed by atoms with van der Waals surface area (Å²) in [7, 11) is 0. The number of anilines is 2. The first-order chi connectivity index (χ1) is 14.5. The van der Waals surface area contributed by atoms with Gasteiger partial charge >= 0.3 is 0 Å². The number of nitrogens with zero attached hydrogens (tertiary/aromatic N) is 1. The van der Waals surface area contributed by atoms with E-state index in [1.807, 2.05) is 31.2 Å². The number of hydrogen-bond acceptors (Lipinski definition) is 3. The molecule has 2 aromatic rings. The number of carbonyl (C=O) groups excluding carboxylic acids is 3. The second-order valence-corrected chi connectivity index (χ2v) is 8.23. The van der Waals surface area contributed by atoms with Crippen molar-refractivity contribution in [2.45, 2.75) is 45.1 Å². The monoisotopic (exact) mass is 405 g/mol. The Hall–Kier alpha value is -3.15. The molecule has 2 fully saturated rings. The largest absolute Gasteiger partial charge is 0.349 e. The molecule has 3 amide bonds. The van der Waals surface area contributed by atoms with Gasteiger partial charge in [0, 0.05) is 24.7 Å². The van der Waals surface area contributed by atoms with Crippen molar-refractivity contribution in [1.82, 2.24) is 5.32 Å². The van der Waals surface area contributed by atoms with Gasteiger partial charge in [-0.1, -0.05) is 42.7 Å². The lowest BCUT2D eigenvalue weighted by atomic mass is 10.1. The Bertz CT molecular complexity index is 948. The molecule has 1 heterocycles. The number of benzene rings is 2. The van der Waals surface area contributed by atoms with Gasteiger partial charge in [-0.2, -0.15) is 0 Å². The topological polar surface area (TPSA) is 78.5 Å². The highest BCUT2D eigenvalue weighted by molar-refractivity contribution is 6.07. The molecule has 4 rings (SSSR count). The quantitative estimate of drug-likeness (QED) is 0.797. The van der Waals surface area contributed by atoms with Crippen LogP contribution in [0.2, 0.25) is 0 Å². The molecule has 156 valence electrons. The van der Waals surface area contributed by atoms with Crippen molar-refractivity contribution in [3.63, 3.8) is 0 Å². The number of nitrogens with one attached hydrogen (secondary N) is 2. The lowest BCUT2D eigenvalue weighted by Crippen LogP contribution is -2.34. The molecule has 0 bridgehead atoms. The van der Waals surface area contributed by atoms with Gasteiger partial charge in [0.1, 0.15) is 0 Å². The van der Waals surface area contributed by atoms with E-state index >= 15 is 0 Å². The highest BCUT2D eigenvalue weighted by Crippen LogP contribution is 2.27. The van der Waals surface area contributed by atoms with E-state index < -0.39 is 5.92 Å². The summed E-state index contributed by atoms with van der Waals surface area (Å²) in [5.41, 5.74) is 2.86. The predicted molar refractivity (Wildman–Crippen MR) is 116 cm³/mol. The first-order valence-corrected chi connectivity index (χ1v) is 10.6. The van der Waals surface area contributed by atoms with Gasteiger partial charge in [-0.3, -0.25) is 14.4 Å². The maximum atomic E-state index is 12.9. The Kier molecular flexibility index (Phi) is 5.84. The standard InChI is InChI=1S/C24H27N3O3/c1-16-10-12-19(13-11-16)27-15-17(14-22(27)28)23(29)26-21-9-5-4-8-20(21)24(30)25-18-6-2-3-7-18/h4-5,8-13,17-18H,2-3,6-7,14-15H2,1H3,(H,25,30)(H,26,29)/t17-/m0/s1. The van der Waals surface area contributed by atoms with Gasteiger partial charge in [-0.25, -0.2) is 0 Å². The van der Waals surface area contributed by atoms with Crippen LogP contribution in [0, 0.1) is 12.8 Å². The van der Waals surface area contributed by atoms with Crippen LogP contribution in [0.25, 0.3) is 0 Å². The zero-order valence-electron chi connectivity index (χ0n) is 17.2. The van der Waals surface area contributed by atoms with Crippen LogP contribution >= 0.6 is 0 Å². The minimum absolute atomic E-state index is 0.0636. The van der Waals surface area contributed by atoms with Gasteiger partial charge in [0.15, 0.2) is 0 Å². The van der Waals surface area contributed by atoms with E-state index in [1.54, 1.807) is 29.2 Å². The predicted octanol–water partition coefficient (Wildman–Crippen LogP) is 3.66. The summed E-state index contributed by atoms with van der Waals surface area (Å²) in [5.74, 6) is -0.920. The van der Waals surface area contributed by atoms with Crippen LogP contribution in [0.5, 0.6) is 0 Å². The molecule has 1 saturated heterocycles. The summed E-state index contributed by atoms with van der Waals surface area (Å²) < 4.78 is 0. The molecule has 1 aliphatic carbocycles. The number of amides is 3. The SMILES string of the molecule is Cc1ccc(N2C[C@@H](C(=O)Nc3ccccc3C(=O)NC3CCCC3)CC2=O)cc1. The molecule has 0 aromatic heterocycles. The van der Waals surface area contributed by atoms with Crippen LogP contribution < -0.4 is 15.5 Å². The molecule has 2 N–H and O–H groups in total. The Balaban J connectivity index is 1.43. The van der Waals surface area contributed by atoms with Gasteiger partial charge < -0.3 is 15.5 Å². The van der Waals surface area contributed by atoms with Crippen LogP contribution in [-0.2, 0) is 9.59 Å². The second kappa shape index (κ2) is 8.69. The van der Waals surface area contributed by atoms with Crippen LogP contribution in [0.1, 0.15) is 48.0 Å². The fourth-order valence-corrected chi connectivity index (χ4v) is 4.22. The van der Waals surface area contributed by atoms with Crippen molar-refractivity contribution in [2.75, 3.05) is 16.8 Å². The van der Waals surface area contributed by atoms with Gasteiger partial charge in [0.05, 0.1) is 17.2 Å². The second-order valence-electron chi connectivity index (χ2n) is 8.23. The van der Waals surface area contributed by atoms with E-state index in [-0.39, 0.29) is 30.2 Å². The minimum Gasteiger partial charge on any atom is -0.349 e. The van der Waals surface area contributed by atoms with Crippen molar-refractivity contribution in [2.24, 2.45) is 5.92 Å². The van der Waals surface area contributed by atoms with E-state index in [0.717, 1.165) is 36.9 Å². The summed E-state index contributed by atoms with van der Waals surface area (Å²) in [6, 6.07) is 14.9. The smallest absolute Gasteiger partial charge is 0.253 e. The van der Waals surface area contributed by atoms with E-state index in [9.17, 15) is 14.4 Å². The van der Waals surface area contributed by atoms with Crippen molar-refractivity contribution >= 4 is 29.1 Å². The summed E-state index contributed by atoms with van der Waals surface area (Å²) in [6.07, 6.45) is 4.43. The number of carbonyl (C=O) groups is 3. The normalized spacial score (nSPS) is 19.2. The van der Waals surface area contributed by atoms with E-state index in [4.69, 9.17) is 0 Å². The first kappa shape index (κ1) is 20.1. The Morgan fingerprint density at radius 3 is 2.43 bits per heavy atom. The zero-order chi connectivity index (χ0) is 21.1. The summed E-state index contributed by atoms with van der Waals surface area (Å²) >= 11 is 0. The van der Waals surface area contributed by atoms with Crippen molar-refractivity contribution in [3.8, 4) is 0 Å². The molecule has 2 aliphatic rings. The molecule has 30 heavy (non-hydrogen) atoms. The van der Waals surface area contributed by atoms with Crippen molar-refractivity contribution in [1.29, 1.82) is 0 Å². The molecular weight excluding hydrogens is 378 g/mol. The Morgan fingerprint density at radius 2 is 1.70 bits per heavy atom. The lowest BCUT2D eigenvalue weighted by molar-refractivity contribution is -0.122. The highest BCUT2D eigenvalue weighted by atomic mass is 16.2. The average molecular weight is 405 g/mol. The zero-order valence-corrected chi connectivity index (χ0v) is 17.2. The number of para-hydroxylation sites is 1. The van der Waals surface area contributed by atoms with Gasteiger partial charge in [-0.15, -0.1) is 0 Å². The molecule has 2 aromatic carbocycles. The molecule has 1 saturated carbocycles. The molecule has 0 radical (unpaired) electrons. The van der Waals surface area contributed by atoms with Crippen LogP contribution in [0.3, 0.4) is 0 Å². The average Bonchev–Trinajstić information content (AvgIpc) is 3.38. The maximum absolute atomic E-state index is 12.9. The third-order valence-corrected chi connectivity index (χ3v) is 5.96. The number of rotatable bonds is 5. The third-order valence-electron chi connectivity index (χ3n) is 5.96. The molecule has 6 nitrogen and oxygen atoms in total. The Labute approximate surface area is 176 Å². The third kappa shape index (κ3) is 4.37. The molecule has 1 aliphatic heterocycles. The lowest BCUT2D eigenvalue weighted by Gasteiger charge is -2.18. The van der Waals surface area contributed by atoms with Crippen LogP contribution in [0.4, 0.5) is 11.4 Å². The molecule has 1 atom stereocenters. The van der Waals surface area contributed by atoms with E-state index in [2.05, 4.69) is 10.6 Å². The van der Waals surface area contributed by atoms with Crippen molar-refractivity contribution in [3.05, 3.63) is 59.7 Å². The summed E-state index contributed by atoms with van der Waals surface area (Å²) in [4.78, 5) is 39.7. The first-order valence-electron chi connectivity index (χ1n) is 10.6. The number of hydrogen-bond donors (Lipinski definition) is 2. The summed E-state index contributed by atoms with van der Waals surface area (Å²) in [6.45, 7) is 2.33. The van der Waals surface area contributed by atoms with Crippen molar-refractivity contribution < 1.29 is 14.4 Å². The Morgan fingerprint density at radius 1 is 1.00 bits per heavy atom. The van der Waals surface area contributed by atoms with Gasteiger partial charge in [0.25, 0.3) is 5.91 Å². The highest BCUT2D eigenvalue weighted by Gasteiger charge is 2.35. The fourth-order valence-electron chi connectivity index (χ4n) is 4.22. The molecule has 0 spiro atoms. The molecule has 0 unspecified atom stereocenters. The van der Waals surface area contributed by atoms with E-state index in [0.29, 0.717) is 17.8 Å². The van der Waals surface area contributed by atoms with E-state index in [1.165, 1.54) is 0 Å². The summed E-state index contributed by atoms with van der Waals surface area (Å²) in [5, 5.41) is 5.95. The maximum Gasteiger partial charge on any atom is 0.253 e. The van der Waals surface area contributed by atoms with Crippen LogP contribution in [0.15, 0.2) is 48.5 Å². The van der Waals surface area contributed by atoms with Gasteiger partial charge in [-0.05, 0) is 44.0 Å². The minimum atomic E-state index is -0.454. The molecule has 6 heteroatoms.